The standard InChI is InChI=1S/C16H16BrNO2/c17-13-8-9-14(15(18)11-13)16(19)20-10-4-7-12-5-2-1-3-6-12/h1-3,5-6,8-9,11H,4,7,10,18H2. The Morgan fingerprint density at radius 1 is 1.15 bits per heavy atom. The van der Waals surface area contributed by atoms with Gasteiger partial charge in [0.2, 0.25) is 0 Å². The lowest BCUT2D eigenvalue weighted by Crippen LogP contribution is -2.09. The van der Waals surface area contributed by atoms with Gasteiger partial charge in [-0.15, -0.1) is 0 Å². The molecule has 0 aliphatic heterocycles. The van der Waals surface area contributed by atoms with E-state index in [1.807, 2.05) is 18.2 Å². The molecule has 3 nitrogen and oxygen atoms in total. The molecule has 104 valence electrons. The smallest absolute Gasteiger partial charge is 0.340 e. The van der Waals surface area contributed by atoms with E-state index in [9.17, 15) is 4.79 Å². The van der Waals surface area contributed by atoms with E-state index < -0.39 is 0 Å². The average molecular weight is 334 g/mol. The molecule has 0 unspecified atom stereocenters. The Morgan fingerprint density at radius 2 is 1.90 bits per heavy atom. The van der Waals surface area contributed by atoms with Crippen molar-refractivity contribution in [1.29, 1.82) is 0 Å². The van der Waals surface area contributed by atoms with Gasteiger partial charge >= 0.3 is 5.97 Å². The maximum atomic E-state index is 11.9. The van der Waals surface area contributed by atoms with Gasteiger partial charge in [-0.05, 0) is 36.6 Å². The lowest BCUT2D eigenvalue weighted by Gasteiger charge is -2.07. The van der Waals surface area contributed by atoms with E-state index in [1.54, 1.807) is 18.2 Å². The first-order valence-corrected chi connectivity index (χ1v) is 7.22. The van der Waals surface area contributed by atoms with Gasteiger partial charge in [0.05, 0.1) is 12.2 Å². The Morgan fingerprint density at radius 3 is 2.60 bits per heavy atom. The van der Waals surface area contributed by atoms with Gasteiger partial charge in [-0.2, -0.15) is 0 Å². The van der Waals surface area contributed by atoms with Crippen LogP contribution in [-0.2, 0) is 11.2 Å². The van der Waals surface area contributed by atoms with Gasteiger partial charge in [0.25, 0.3) is 0 Å². The van der Waals surface area contributed by atoms with Crippen LogP contribution >= 0.6 is 15.9 Å². The number of hydrogen-bond donors (Lipinski definition) is 1. The molecule has 0 aromatic heterocycles. The highest BCUT2D eigenvalue weighted by atomic mass is 79.9. The fourth-order valence-electron chi connectivity index (χ4n) is 1.88. The van der Waals surface area contributed by atoms with E-state index in [-0.39, 0.29) is 5.97 Å². The largest absolute Gasteiger partial charge is 0.462 e. The number of carbonyl (C=O) groups excluding carboxylic acids is 1. The normalized spacial score (nSPS) is 10.2. The molecule has 4 heteroatoms. The number of halogens is 1. The number of esters is 1. The molecule has 0 radical (unpaired) electrons. The number of aryl methyl sites for hydroxylation is 1. The Labute approximate surface area is 126 Å². The Balaban J connectivity index is 1.80. The number of carbonyl (C=O) groups is 1. The summed E-state index contributed by atoms with van der Waals surface area (Å²) < 4.78 is 6.08. The molecule has 0 amide bonds. The number of anilines is 1. The molecule has 0 aliphatic rings. The quantitative estimate of drug-likeness (QED) is 0.514. The lowest BCUT2D eigenvalue weighted by molar-refractivity contribution is 0.0502. The molecule has 0 aliphatic carbocycles. The predicted molar refractivity (Wildman–Crippen MR) is 83.6 cm³/mol. The summed E-state index contributed by atoms with van der Waals surface area (Å²) in [6, 6.07) is 15.3. The molecule has 0 bridgehead atoms. The summed E-state index contributed by atoms with van der Waals surface area (Å²) in [5.41, 5.74) is 7.86. The molecule has 2 N–H and O–H groups in total. The molecule has 0 spiro atoms. The minimum absolute atomic E-state index is 0.372. The summed E-state index contributed by atoms with van der Waals surface area (Å²) in [4.78, 5) is 11.9. The number of ether oxygens (including phenoxy) is 1. The van der Waals surface area contributed by atoms with Crippen LogP contribution in [0.2, 0.25) is 0 Å². The van der Waals surface area contributed by atoms with Gasteiger partial charge in [-0.3, -0.25) is 0 Å². The van der Waals surface area contributed by atoms with Crippen molar-refractivity contribution in [3.8, 4) is 0 Å². The zero-order valence-corrected chi connectivity index (χ0v) is 12.6. The summed E-state index contributed by atoms with van der Waals surface area (Å²) in [5, 5.41) is 0. The molecular weight excluding hydrogens is 318 g/mol. The third-order valence-corrected chi connectivity index (χ3v) is 3.41. The fourth-order valence-corrected chi connectivity index (χ4v) is 2.26. The second-order valence-electron chi connectivity index (χ2n) is 4.46. The minimum atomic E-state index is -0.372. The summed E-state index contributed by atoms with van der Waals surface area (Å²) in [6.45, 7) is 0.392. The second kappa shape index (κ2) is 7.10. The van der Waals surface area contributed by atoms with Gasteiger partial charge < -0.3 is 10.5 Å². The number of rotatable bonds is 5. The minimum Gasteiger partial charge on any atom is -0.462 e. The van der Waals surface area contributed by atoms with Crippen LogP contribution in [0.5, 0.6) is 0 Å². The predicted octanol–water partition coefficient (Wildman–Crippen LogP) is 3.82. The number of hydrogen-bond acceptors (Lipinski definition) is 3. The van der Waals surface area contributed by atoms with E-state index in [1.165, 1.54) is 5.56 Å². The van der Waals surface area contributed by atoms with Crippen LogP contribution in [0.1, 0.15) is 22.3 Å². The molecule has 0 saturated carbocycles. The van der Waals surface area contributed by atoms with Gasteiger partial charge in [-0.25, -0.2) is 4.79 Å². The molecule has 0 heterocycles. The Hall–Kier alpha value is -1.81. The van der Waals surface area contributed by atoms with E-state index in [4.69, 9.17) is 10.5 Å². The first-order chi connectivity index (χ1) is 9.66. The second-order valence-corrected chi connectivity index (χ2v) is 5.37. The average Bonchev–Trinajstić information content (AvgIpc) is 2.44. The van der Waals surface area contributed by atoms with Crippen molar-refractivity contribution in [3.05, 3.63) is 64.1 Å². The SMILES string of the molecule is Nc1cc(Br)ccc1C(=O)OCCCc1ccccc1. The summed E-state index contributed by atoms with van der Waals surface area (Å²) >= 11 is 3.30. The topological polar surface area (TPSA) is 52.3 Å². The molecule has 2 rings (SSSR count). The highest BCUT2D eigenvalue weighted by Crippen LogP contribution is 2.19. The molecule has 2 aromatic carbocycles. The highest BCUT2D eigenvalue weighted by Gasteiger charge is 2.10. The van der Waals surface area contributed by atoms with E-state index >= 15 is 0 Å². The zero-order chi connectivity index (χ0) is 14.4. The number of benzene rings is 2. The van der Waals surface area contributed by atoms with Crippen molar-refractivity contribution in [2.45, 2.75) is 12.8 Å². The molecule has 20 heavy (non-hydrogen) atoms. The van der Waals surface area contributed by atoms with Crippen molar-refractivity contribution in [2.75, 3.05) is 12.3 Å². The summed E-state index contributed by atoms with van der Waals surface area (Å²) in [6.07, 6.45) is 1.69. The van der Waals surface area contributed by atoms with Crippen LogP contribution in [0.25, 0.3) is 0 Å². The third kappa shape index (κ3) is 4.10. The summed E-state index contributed by atoms with van der Waals surface area (Å²) in [5.74, 6) is -0.372. The van der Waals surface area contributed by atoms with Gasteiger partial charge in [0, 0.05) is 10.2 Å². The molecule has 0 atom stereocenters. The van der Waals surface area contributed by atoms with Crippen LogP contribution in [0.3, 0.4) is 0 Å². The Kier molecular flexibility index (Phi) is 5.18. The molecule has 0 saturated heterocycles. The number of nitrogen functional groups attached to an aromatic ring is 1. The number of nitrogens with two attached hydrogens (primary N) is 1. The van der Waals surface area contributed by atoms with Gasteiger partial charge in [-0.1, -0.05) is 46.3 Å². The van der Waals surface area contributed by atoms with E-state index in [2.05, 4.69) is 28.1 Å². The van der Waals surface area contributed by atoms with Gasteiger partial charge in [0.1, 0.15) is 0 Å². The van der Waals surface area contributed by atoms with Crippen LogP contribution < -0.4 is 5.73 Å². The van der Waals surface area contributed by atoms with Crippen molar-refractivity contribution in [2.24, 2.45) is 0 Å². The fraction of sp³-hybridized carbons (Fsp3) is 0.188. The van der Waals surface area contributed by atoms with Crippen LogP contribution in [-0.4, -0.2) is 12.6 Å². The zero-order valence-electron chi connectivity index (χ0n) is 11.0. The summed E-state index contributed by atoms with van der Waals surface area (Å²) in [7, 11) is 0. The third-order valence-electron chi connectivity index (χ3n) is 2.92. The maximum Gasteiger partial charge on any atom is 0.340 e. The van der Waals surface area contributed by atoms with Crippen molar-refractivity contribution in [3.63, 3.8) is 0 Å². The van der Waals surface area contributed by atoms with E-state index in [0.29, 0.717) is 17.9 Å². The monoisotopic (exact) mass is 333 g/mol. The first kappa shape index (κ1) is 14.6. The molecule has 0 fully saturated rings. The van der Waals surface area contributed by atoms with Crippen LogP contribution in [0, 0.1) is 0 Å². The highest BCUT2D eigenvalue weighted by molar-refractivity contribution is 9.10. The molecular formula is C16H16BrNO2. The van der Waals surface area contributed by atoms with Gasteiger partial charge in [0.15, 0.2) is 0 Å². The first-order valence-electron chi connectivity index (χ1n) is 6.43. The van der Waals surface area contributed by atoms with E-state index in [0.717, 1.165) is 17.3 Å². The van der Waals surface area contributed by atoms with Crippen LogP contribution in [0.4, 0.5) is 5.69 Å². The maximum absolute atomic E-state index is 11.9. The lowest BCUT2D eigenvalue weighted by atomic mass is 10.1. The van der Waals surface area contributed by atoms with Crippen LogP contribution in [0.15, 0.2) is 53.0 Å². The molecule has 2 aromatic rings. The Bertz CT molecular complexity index is 584. The van der Waals surface area contributed by atoms with Crippen molar-refractivity contribution < 1.29 is 9.53 Å². The van der Waals surface area contributed by atoms with Crippen molar-refractivity contribution >= 4 is 27.6 Å². The van der Waals surface area contributed by atoms with Crippen molar-refractivity contribution in [1.82, 2.24) is 0 Å².